The topological polar surface area (TPSA) is 237 Å². The number of ether oxygens (including phenoxy) is 4. The van der Waals surface area contributed by atoms with Crippen molar-refractivity contribution in [2.45, 2.75) is 464 Å². The Kier molecular flexibility index (Phi) is 74.4. The van der Waals surface area contributed by atoms with Gasteiger partial charge in [-0.25, -0.2) is 9.13 Å². The van der Waals surface area contributed by atoms with E-state index >= 15 is 0 Å². The second kappa shape index (κ2) is 75.9. The first-order valence-corrected chi connectivity index (χ1v) is 46.2. The molecular formula is C83H162O17P2. The summed E-state index contributed by atoms with van der Waals surface area (Å²) in [5.41, 5.74) is 0. The third-order valence-electron chi connectivity index (χ3n) is 19.9. The molecule has 0 radical (unpaired) electrons. The number of carbonyl (C=O) groups excluding carboxylic acids is 4. The maximum Gasteiger partial charge on any atom is 0.472 e. The number of phosphoric acid groups is 2. The fourth-order valence-corrected chi connectivity index (χ4v) is 14.5. The Balaban J connectivity index is 5.22. The summed E-state index contributed by atoms with van der Waals surface area (Å²) in [4.78, 5) is 73.1. The quantitative estimate of drug-likeness (QED) is 0.0222. The molecule has 0 saturated carbocycles. The molecule has 0 aliphatic carbocycles. The van der Waals surface area contributed by atoms with Crippen LogP contribution >= 0.6 is 15.6 Å². The molecule has 0 amide bonds. The van der Waals surface area contributed by atoms with Gasteiger partial charge in [0.2, 0.25) is 0 Å². The van der Waals surface area contributed by atoms with Gasteiger partial charge < -0.3 is 33.8 Å². The van der Waals surface area contributed by atoms with E-state index in [9.17, 15) is 43.2 Å². The van der Waals surface area contributed by atoms with Crippen molar-refractivity contribution in [3.8, 4) is 0 Å². The normalized spacial score (nSPS) is 14.1. The molecule has 102 heavy (non-hydrogen) atoms. The summed E-state index contributed by atoms with van der Waals surface area (Å²) >= 11 is 0. The lowest BCUT2D eigenvalue weighted by Crippen LogP contribution is -2.30. The standard InChI is InChI=1S/C83H162O17P2/c1-6-10-13-16-19-22-25-28-38-42-47-52-57-62-67-81(86)94-73-79(100-83(88)69-64-59-54-49-44-39-34-32-30-29-31-33-37-40-45-50-55-60-65-76(5)9-4)75-98-102(91,92)96-71-77(84)70-95-101(89,90)97-74-78(99-82(87)68-63-58-53-48-43-36-27-24-21-18-15-12-8-3)72-93-80(85)66-61-56-51-46-41-35-26-23-20-17-14-11-7-2/h76-79,84H,6-75H2,1-5H3,(H,89,90)(H,91,92)/t76?,77-,78+,79+/m0/s1. The zero-order valence-electron chi connectivity index (χ0n) is 66.8. The molecule has 0 aromatic rings. The lowest BCUT2D eigenvalue weighted by Gasteiger charge is -2.21. The maximum absolute atomic E-state index is 13.1. The van der Waals surface area contributed by atoms with Gasteiger partial charge in [0.1, 0.15) is 19.3 Å². The average molecular weight is 1490 g/mol. The van der Waals surface area contributed by atoms with Gasteiger partial charge >= 0.3 is 39.5 Å². The van der Waals surface area contributed by atoms with E-state index in [4.69, 9.17) is 37.0 Å². The molecule has 0 bridgehead atoms. The highest BCUT2D eigenvalue weighted by Gasteiger charge is 2.30. The Hall–Kier alpha value is -1.94. The first-order valence-electron chi connectivity index (χ1n) is 43.2. The van der Waals surface area contributed by atoms with Gasteiger partial charge in [-0.2, -0.15) is 0 Å². The summed E-state index contributed by atoms with van der Waals surface area (Å²) in [5.74, 6) is -1.23. The van der Waals surface area contributed by atoms with Gasteiger partial charge in [-0.1, -0.05) is 394 Å². The van der Waals surface area contributed by atoms with Gasteiger partial charge in [0.15, 0.2) is 12.2 Å². The smallest absolute Gasteiger partial charge is 0.462 e. The van der Waals surface area contributed by atoms with E-state index < -0.39 is 97.5 Å². The average Bonchev–Trinajstić information content (AvgIpc) is 0.931. The Morgan fingerprint density at radius 2 is 0.471 bits per heavy atom. The number of rotatable bonds is 83. The molecular weight excluding hydrogens is 1330 g/mol. The summed E-state index contributed by atoms with van der Waals surface area (Å²) in [5, 5.41) is 10.7. The highest BCUT2D eigenvalue weighted by Crippen LogP contribution is 2.45. The number of phosphoric ester groups is 2. The van der Waals surface area contributed by atoms with Crippen LogP contribution in [0, 0.1) is 5.92 Å². The lowest BCUT2D eigenvalue weighted by molar-refractivity contribution is -0.161. The van der Waals surface area contributed by atoms with Crippen LogP contribution in [-0.2, 0) is 65.4 Å². The maximum atomic E-state index is 13.1. The van der Waals surface area contributed by atoms with E-state index in [1.54, 1.807) is 0 Å². The SMILES string of the molecule is CCCCCCCCCCCCCCCCC(=O)OC[C@H](COP(=O)(O)OC[C@@H](O)COP(=O)(O)OC[C@@H](COC(=O)CCCCCCCCCCCCCCC)OC(=O)CCCCCCCCCCCCCCC)OC(=O)CCCCCCCCCCCCCCCCCCCCC(C)CC. The molecule has 17 nitrogen and oxygen atoms in total. The van der Waals surface area contributed by atoms with E-state index in [0.29, 0.717) is 25.7 Å². The number of carbonyl (C=O) groups is 4. The van der Waals surface area contributed by atoms with Crippen molar-refractivity contribution in [1.29, 1.82) is 0 Å². The van der Waals surface area contributed by atoms with Gasteiger partial charge in [-0.15, -0.1) is 0 Å². The Labute approximate surface area is 626 Å². The number of aliphatic hydroxyl groups excluding tert-OH is 1. The number of aliphatic hydroxyl groups is 1. The molecule has 606 valence electrons. The third-order valence-corrected chi connectivity index (χ3v) is 21.8. The van der Waals surface area contributed by atoms with Gasteiger partial charge in [-0.3, -0.25) is 37.3 Å². The van der Waals surface area contributed by atoms with Crippen LogP contribution in [0.2, 0.25) is 0 Å². The third kappa shape index (κ3) is 74.9. The zero-order valence-corrected chi connectivity index (χ0v) is 68.5. The molecule has 0 aliphatic heterocycles. The number of esters is 4. The highest BCUT2D eigenvalue weighted by atomic mass is 31.2. The summed E-state index contributed by atoms with van der Waals surface area (Å²) in [7, 11) is -9.92. The molecule has 19 heteroatoms. The highest BCUT2D eigenvalue weighted by molar-refractivity contribution is 7.47. The van der Waals surface area contributed by atoms with Gasteiger partial charge in [0, 0.05) is 25.7 Å². The largest absolute Gasteiger partial charge is 0.472 e. The summed E-state index contributed by atoms with van der Waals surface area (Å²) < 4.78 is 68.8. The van der Waals surface area contributed by atoms with Gasteiger partial charge in [0.25, 0.3) is 0 Å². The van der Waals surface area contributed by atoms with Crippen LogP contribution in [0.5, 0.6) is 0 Å². The van der Waals surface area contributed by atoms with Crippen LogP contribution in [-0.4, -0.2) is 96.7 Å². The minimum atomic E-state index is -4.96. The number of unbranched alkanes of at least 4 members (excludes halogenated alkanes) is 54. The molecule has 0 aliphatic rings. The minimum absolute atomic E-state index is 0.109. The summed E-state index contributed by atoms with van der Waals surface area (Å²) in [6, 6.07) is 0. The van der Waals surface area contributed by atoms with E-state index in [1.165, 1.54) is 270 Å². The molecule has 0 aromatic carbocycles. The Bertz CT molecular complexity index is 1950. The fourth-order valence-electron chi connectivity index (χ4n) is 12.9. The van der Waals surface area contributed by atoms with Crippen LogP contribution in [0.1, 0.15) is 446 Å². The van der Waals surface area contributed by atoms with E-state index in [-0.39, 0.29) is 25.7 Å². The predicted octanol–water partition coefficient (Wildman–Crippen LogP) is 25.2. The van der Waals surface area contributed by atoms with E-state index in [0.717, 1.165) is 95.8 Å². The molecule has 0 spiro atoms. The first kappa shape index (κ1) is 100. The van der Waals surface area contributed by atoms with Gasteiger partial charge in [0.05, 0.1) is 26.4 Å². The number of hydrogen-bond donors (Lipinski definition) is 3. The Morgan fingerprint density at radius 1 is 0.275 bits per heavy atom. The van der Waals surface area contributed by atoms with Crippen molar-refractivity contribution >= 4 is 39.5 Å². The second-order valence-corrected chi connectivity index (χ2v) is 33.0. The van der Waals surface area contributed by atoms with E-state index in [2.05, 4.69) is 34.6 Å². The monoisotopic (exact) mass is 1490 g/mol. The molecule has 3 N–H and O–H groups in total. The van der Waals surface area contributed by atoms with E-state index in [1.807, 2.05) is 0 Å². The van der Waals surface area contributed by atoms with Crippen LogP contribution in [0.15, 0.2) is 0 Å². The Morgan fingerprint density at radius 3 is 0.696 bits per heavy atom. The van der Waals surface area contributed by atoms with Crippen LogP contribution in [0.4, 0.5) is 0 Å². The van der Waals surface area contributed by atoms with Crippen LogP contribution in [0.3, 0.4) is 0 Å². The molecule has 0 saturated heterocycles. The molecule has 0 heterocycles. The summed E-state index contributed by atoms with van der Waals surface area (Å²) in [6.07, 6.45) is 67.8. The lowest BCUT2D eigenvalue weighted by atomic mass is 9.99. The fraction of sp³-hybridized carbons (Fsp3) is 0.952. The molecule has 6 atom stereocenters. The van der Waals surface area contributed by atoms with Crippen molar-refractivity contribution in [3.63, 3.8) is 0 Å². The molecule has 0 aromatic heterocycles. The van der Waals surface area contributed by atoms with Crippen molar-refractivity contribution in [3.05, 3.63) is 0 Å². The van der Waals surface area contributed by atoms with Crippen molar-refractivity contribution in [2.24, 2.45) is 5.92 Å². The van der Waals surface area contributed by atoms with Crippen LogP contribution in [0.25, 0.3) is 0 Å². The van der Waals surface area contributed by atoms with Gasteiger partial charge in [-0.05, 0) is 31.6 Å². The molecule has 3 unspecified atom stereocenters. The summed E-state index contributed by atoms with van der Waals surface area (Å²) in [6.45, 7) is 7.42. The predicted molar refractivity (Wildman–Crippen MR) is 418 cm³/mol. The van der Waals surface area contributed by atoms with Crippen molar-refractivity contribution < 1.29 is 80.2 Å². The molecule has 0 fully saturated rings. The van der Waals surface area contributed by atoms with Crippen molar-refractivity contribution in [2.75, 3.05) is 39.6 Å². The second-order valence-electron chi connectivity index (χ2n) is 30.1. The minimum Gasteiger partial charge on any atom is -0.462 e. The van der Waals surface area contributed by atoms with Crippen molar-refractivity contribution in [1.82, 2.24) is 0 Å². The number of hydrogen-bond acceptors (Lipinski definition) is 15. The van der Waals surface area contributed by atoms with Crippen LogP contribution < -0.4 is 0 Å². The first-order chi connectivity index (χ1) is 49.6. The zero-order chi connectivity index (χ0) is 74.8. The molecule has 0 rings (SSSR count).